The van der Waals surface area contributed by atoms with Crippen molar-refractivity contribution in [3.8, 4) is 11.5 Å². The van der Waals surface area contributed by atoms with Crippen LogP contribution in [0.3, 0.4) is 0 Å². The second kappa shape index (κ2) is 4.49. The number of aromatic nitrogens is 3. The summed E-state index contributed by atoms with van der Waals surface area (Å²) in [6, 6.07) is 4.13. The summed E-state index contributed by atoms with van der Waals surface area (Å²) in [4.78, 5) is 7.42. The van der Waals surface area contributed by atoms with E-state index in [0.29, 0.717) is 17.8 Å². The monoisotopic (exact) mass is 220 g/mol. The van der Waals surface area contributed by atoms with Gasteiger partial charge in [-0.3, -0.25) is 0 Å². The smallest absolute Gasteiger partial charge is 0.231 e. The highest BCUT2D eigenvalue weighted by Gasteiger charge is 2.19. The molecule has 5 nitrogen and oxygen atoms in total. The van der Waals surface area contributed by atoms with E-state index in [2.05, 4.69) is 34.3 Å². The van der Waals surface area contributed by atoms with E-state index in [1.807, 2.05) is 25.4 Å². The second-order valence-electron chi connectivity index (χ2n) is 3.91. The molecule has 0 radical (unpaired) electrons. The van der Waals surface area contributed by atoms with E-state index in [0.717, 1.165) is 5.69 Å². The van der Waals surface area contributed by atoms with Crippen LogP contribution in [0.4, 0.5) is 0 Å². The Bertz CT molecular complexity index is 435. The molecule has 16 heavy (non-hydrogen) atoms. The van der Waals surface area contributed by atoms with Gasteiger partial charge >= 0.3 is 0 Å². The second-order valence-corrected chi connectivity index (χ2v) is 3.91. The van der Waals surface area contributed by atoms with Crippen molar-refractivity contribution in [1.29, 1.82) is 0 Å². The molecule has 5 heteroatoms. The molecule has 0 aromatic carbocycles. The number of hydrogen-bond acceptors (Lipinski definition) is 4. The number of H-pyrrole nitrogens is 1. The van der Waals surface area contributed by atoms with Crippen molar-refractivity contribution in [3.05, 3.63) is 24.2 Å². The van der Waals surface area contributed by atoms with Gasteiger partial charge in [0.2, 0.25) is 11.7 Å². The van der Waals surface area contributed by atoms with Crippen molar-refractivity contribution >= 4 is 0 Å². The molecule has 2 aromatic heterocycles. The number of nitrogens with one attached hydrogen (secondary N) is 2. The Hall–Kier alpha value is -1.62. The molecule has 0 aliphatic carbocycles. The first-order chi connectivity index (χ1) is 7.72. The molecule has 2 rings (SSSR count). The maximum Gasteiger partial charge on any atom is 0.231 e. The van der Waals surface area contributed by atoms with Crippen LogP contribution in [0.2, 0.25) is 0 Å². The van der Waals surface area contributed by atoms with Crippen molar-refractivity contribution in [2.75, 3.05) is 7.05 Å². The van der Waals surface area contributed by atoms with Gasteiger partial charge in [-0.15, -0.1) is 0 Å². The third kappa shape index (κ3) is 1.99. The summed E-state index contributed by atoms with van der Waals surface area (Å²) >= 11 is 0. The summed E-state index contributed by atoms with van der Waals surface area (Å²) in [5, 5.41) is 7.12. The highest BCUT2D eigenvalue weighted by atomic mass is 16.5. The molecule has 2 unspecified atom stereocenters. The Labute approximate surface area is 94.3 Å². The maximum absolute atomic E-state index is 5.25. The van der Waals surface area contributed by atoms with Crippen molar-refractivity contribution in [1.82, 2.24) is 20.4 Å². The zero-order valence-electron chi connectivity index (χ0n) is 9.69. The van der Waals surface area contributed by atoms with Crippen LogP contribution in [-0.2, 0) is 0 Å². The fourth-order valence-electron chi connectivity index (χ4n) is 1.46. The molecule has 2 atom stereocenters. The fraction of sp³-hybridized carbons (Fsp3) is 0.455. The first-order valence-corrected chi connectivity index (χ1v) is 5.37. The average Bonchev–Trinajstić information content (AvgIpc) is 2.96. The van der Waals surface area contributed by atoms with E-state index < -0.39 is 0 Å². The van der Waals surface area contributed by atoms with Crippen LogP contribution in [0.1, 0.15) is 25.7 Å². The van der Waals surface area contributed by atoms with Crippen molar-refractivity contribution in [2.45, 2.75) is 25.8 Å². The Balaban J connectivity index is 2.20. The van der Waals surface area contributed by atoms with Gasteiger partial charge in [-0.25, -0.2) is 0 Å². The third-order valence-electron chi connectivity index (χ3n) is 2.88. The lowest BCUT2D eigenvalue weighted by Gasteiger charge is -2.14. The van der Waals surface area contributed by atoms with Crippen LogP contribution in [0.25, 0.3) is 11.5 Å². The summed E-state index contributed by atoms with van der Waals surface area (Å²) in [7, 11) is 1.92. The first kappa shape index (κ1) is 10.9. The molecule has 0 aliphatic heterocycles. The number of aromatic amines is 1. The zero-order valence-corrected chi connectivity index (χ0v) is 9.69. The van der Waals surface area contributed by atoms with Crippen LogP contribution in [-0.4, -0.2) is 28.2 Å². The highest BCUT2D eigenvalue weighted by Crippen LogP contribution is 2.20. The van der Waals surface area contributed by atoms with Gasteiger partial charge < -0.3 is 14.8 Å². The topological polar surface area (TPSA) is 66.7 Å². The molecule has 0 bridgehead atoms. The van der Waals surface area contributed by atoms with Gasteiger partial charge in [-0.2, -0.15) is 4.98 Å². The highest BCUT2D eigenvalue weighted by molar-refractivity contribution is 5.47. The lowest BCUT2D eigenvalue weighted by Crippen LogP contribution is -2.27. The maximum atomic E-state index is 5.25. The molecule has 0 amide bonds. The van der Waals surface area contributed by atoms with E-state index in [1.54, 1.807) is 0 Å². The van der Waals surface area contributed by atoms with E-state index in [-0.39, 0.29) is 5.92 Å². The number of likely N-dealkylation sites (N-methyl/N-ethyl adjacent to an activating group) is 1. The first-order valence-electron chi connectivity index (χ1n) is 5.37. The lowest BCUT2D eigenvalue weighted by atomic mass is 10.0. The molecular weight excluding hydrogens is 204 g/mol. The van der Waals surface area contributed by atoms with Crippen LogP contribution < -0.4 is 5.32 Å². The molecule has 2 N–H and O–H groups in total. The van der Waals surface area contributed by atoms with Gasteiger partial charge in [-0.1, -0.05) is 12.1 Å². The molecule has 2 aromatic rings. The minimum Gasteiger partial charge on any atom is -0.359 e. The summed E-state index contributed by atoms with van der Waals surface area (Å²) in [5.41, 5.74) is 0.874. The van der Waals surface area contributed by atoms with Crippen LogP contribution in [0.5, 0.6) is 0 Å². The molecule has 0 spiro atoms. The third-order valence-corrected chi connectivity index (χ3v) is 2.88. The number of nitrogens with zero attached hydrogens (tertiary/aromatic N) is 2. The van der Waals surface area contributed by atoms with Gasteiger partial charge in [0.05, 0.1) is 11.6 Å². The summed E-state index contributed by atoms with van der Waals surface area (Å²) in [5.74, 6) is 1.46. The fourth-order valence-corrected chi connectivity index (χ4v) is 1.46. The minimum atomic E-state index is 0.196. The predicted molar refractivity (Wildman–Crippen MR) is 61.0 cm³/mol. The average molecular weight is 220 g/mol. The van der Waals surface area contributed by atoms with Gasteiger partial charge in [0.25, 0.3) is 0 Å². The van der Waals surface area contributed by atoms with Gasteiger partial charge in [0, 0.05) is 12.2 Å². The van der Waals surface area contributed by atoms with Crippen molar-refractivity contribution in [2.24, 2.45) is 0 Å². The van der Waals surface area contributed by atoms with Crippen LogP contribution in [0, 0.1) is 0 Å². The number of hydrogen-bond donors (Lipinski definition) is 2. The predicted octanol–water partition coefficient (Wildman–Crippen LogP) is 1.78. The van der Waals surface area contributed by atoms with E-state index in [9.17, 15) is 0 Å². The van der Waals surface area contributed by atoms with Crippen LogP contribution in [0.15, 0.2) is 22.9 Å². The summed E-state index contributed by atoms with van der Waals surface area (Å²) < 4.78 is 5.25. The quantitative estimate of drug-likeness (QED) is 0.824. The molecule has 2 heterocycles. The minimum absolute atomic E-state index is 0.196. The SMILES string of the molecule is CNC(C)C(C)c1nc(-c2ccc[nH]2)no1. The number of rotatable bonds is 4. The van der Waals surface area contributed by atoms with Gasteiger partial charge in [0.15, 0.2) is 0 Å². The summed E-state index contributed by atoms with van der Waals surface area (Å²) in [6.07, 6.45) is 1.84. The van der Waals surface area contributed by atoms with E-state index in [4.69, 9.17) is 4.52 Å². The van der Waals surface area contributed by atoms with E-state index >= 15 is 0 Å². The molecule has 0 saturated heterocycles. The van der Waals surface area contributed by atoms with Gasteiger partial charge in [0.1, 0.15) is 0 Å². The Morgan fingerprint density at radius 3 is 2.88 bits per heavy atom. The molecule has 0 aliphatic rings. The van der Waals surface area contributed by atoms with Crippen molar-refractivity contribution < 1.29 is 4.52 Å². The van der Waals surface area contributed by atoms with Crippen molar-refractivity contribution in [3.63, 3.8) is 0 Å². The lowest BCUT2D eigenvalue weighted by molar-refractivity contribution is 0.336. The molecule has 0 fully saturated rings. The Morgan fingerprint density at radius 1 is 1.44 bits per heavy atom. The zero-order chi connectivity index (χ0) is 11.5. The largest absolute Gasteiger partial charge is 0.359 e. The standard InChI is InChI=1S/C11H16N4O/c1-7(8(2)12-3)11-14-10(15-16-11)9-5-4-6-13-9/h4-8,12-13H,1-3H3. The van der Waals surface area contributed by atoms with E-state index in [1.165, 1.54) is 0 Å². The molecule has 0 saturated carbocycles. The summed E-state index contributed by atoms with van der Waals surface area (Å²) in [6.45, 7) is 4.15. The molecular formula is C11H16N4O. The van der Waals surface area contributed by atoms with Crippen LogP contribution >= 0.6 is 0 Å². The Kier molecular flexibility index (Phi) is 3.05. The Morgan fingerprint density at radius 2 is 2.25 bits per heavy atom. The molecule has 86 valence electrons. The normalized spacial score (nSPS) is 14.9. The van der Waals surface area contributed by atoms with Gasteiger partial charge in [-0.05, 0) is 26.1 Å².